The van der Waals surface area contributed by atoms with Crippen LogP contribution in [0.5, 0.6) is 5.75 Å². The molecule has 0 saturated carbocycles. The molecule has 0 saturated heterocycles. The van der Waals surface area contributed by atoms with Crippen molar-refractivity contribution in [2.45, 2.75) is 0 Å². The number of methoxy groups -OCH3 is 1. The number of nitrogens with zero attached hydrogens (tertiary/aromatic N) is 2. The minimum Gasteiger partial charge on any atom is -0.497 e. The van der Waals surface area contributed by atoms with Crippen LogP contribution >= 0.6 is 0 Å². The zero-order chi connectivity index (χ0) is 19.8. The van der Waals surface area contributed by atoms with Gasteiger partial charge in [-0.05, 0) is 35.9 Å². The summed E-state index contributed by atoms with van der Waals surface area (Å²) in [6, 6.07) is 12.7. The van der Waals surface area contributed by atoms with Gasteiger partial charge in [0.15, 0.2) is 0 Å². The molecule has 0 bridgehead atoms. The van der Waals surface area contributed by atoms with E-state index in [2.05, 4.69) is 5.32 Å². The zero-order valence-corrected chi connectivity index (χ0v) is 14.9. The van der Waals surface area contributed by atoms with E-state index < -0.39 is 10.8 Å². The van der Waals surface area contributed by atoms with Crippen molar-refractivity contribution in [2.24, 2.45) is 0 Å². The van der Waals surface area contributed by atoms with Crippen molar-refractivity contribution in [1.29, 1.82) is 0 Å². The third kappa shape index (κ3) is 5.96. The number of hydrogen-bond donors (Lipinski definition) is 1. The topological polar surface area (TPSA) is 102 Å². The van der Waals surface area contributed by atoms with Gasteiger partial charge in [-0.1, -0.05) is 12.1 Å². The Kier molecular flexibility index (Phi) is 6.65. The lowest BCUT2D eigenvalue weighted by molar-refractivity contribution is -0.384. The summed E-state index contributed by atoms with van der Waals surface area (Å²) in [6.45, 7) is -0.135. The van der Waals surface area contributed by atoms with E-state index in [1.54, 1.807) is 37.4 Å². The number of carbonyl (C=O) groups excluding carboxylic acids is 2. The number of non-ortho nitro benzene ring substituents is 1. The number of rotatable bonds is 7. The highest BCUT2D eigenvalue weighted by atomic mass is 16.6. The van der Waals surface area contributed by atoms with Crippen LogP contribution in [0.2, 0.25) is 0 Å². The molecule has 0 spiro atoms. The first-order chi connectivity index (χ1) is 12.9. The van der Waals surface area contributed by atoms with Crippen LogP contribution in [0.15, 0.2) is 54.6 Å². The van der Waals surface area contributed by atoms with Crippen LogP contribution in [0.4, 0.5) is 11.4 Å². The molecule has 2 rings (SSSR count). The Bertz CT molecular complexity index is 862. The first-order valence-corrected chi connectivity index (χ1v) is 8.00. The Morgan fingerprint density at radius 3 is 2.56 bits per heavy atom. The molecule has 0 aliphatic carbocycles. The van der Waals surface area contributed by atoms with Crippen LogP contribution in [0, 0.1) is 10.1 Å². The van der Waals surface area contributed by atoms with Crippen LogP contribution in [0.1, 0.15) is 5.56 Å². The van der Waals surface area contributed by atoms with E-state index >= 15 is 0 Å². The van der Waals surface area contributed by atoms with E-state index in [0.29, 0.717) is 17.0 Å². The second-order valence-electron chi connectivity index (χ2n) is 5.66. The lowest BCUT2D eigenvalue weighted by Crippen LogP contribution is -2.33. The van der Waals surface area contributed by atoms with Crippen LogP contribution in [0.25, 0.3) is 6.08 Å². The highest BCUT2D eigenvalue weighted by molar-refractivity contribution is 5.97. The zero-order valence-electron chi connectivity index (χ0n) is 14.9. The van der Waals surface area contributed by atoms with E-state index in [0.717, 1.165) is 0 Å². The Labute approximate surface area is 156 Å². The molecule has 0 aromatic heterocycles. The third-order valence-electron chi connectivity index (χ3n) is 3.63. The molecule has 0 aliphatic heterocycles. The normalized spacial score (nSPS) is 10.4. The fourth-order valence-electron chi connectivity index (χ4n) is 2.20. The lowest BCUT2D eigenvalue weighted by Gasteiger charge is -2.15. The van der Waals surface area contributed by atoms with Gasteiger partial charge < -0.3 is 15.0 Å². The molecule has 0 atom stereocenters. The monoisotopic (exact) mass is 369 g/mol. The molecule has 2 amide bonds. The van der Waals surface area contributed by atoms with E-state index in [4.69, 9.17) is 4.74 Å². The summed E-state index contributed by atoms with van der Waals surface area (Å²) in [7, 11) is 3.04. The highest BCUT2D eigenvalue weighted by Crippen LogP contribution is 2.15. The van der Waals surface area contributed by atoms with Gasteiger partial charge in [0.25, 0.3) is 5.69 Å². The van der Waals surface area contributed by atoms with Crippen LogP contribution < -0.4 is 10.1 Å². The Hall–Kier alpha value is -3.68. The third-order valence-corrected chi connectivity index (χ3v) is 3.63. The lowest BCUT2D eigenvalue weighted by atomic mass is 10.2. The summed E-state index contributed by atoms with van der Waals surface area (Å²) in [5, 5.41) is 13.4. The molecule has 140 valence electrons. The summed E-state index contributed by atoms with van der Waals surface area (Å²) < 4.78 is 5.04. The number of nitro groups is 1. The van der Waals surface area contributed by atoms with E-state index in [-0.39, 0.29) is 18.1 Å². The molecule has 2 aromatic carbocycles. The fourth-order valence-corrected chi connectivity index (χ4v) is 2.20. The van der Waals surface area contributed by atoms with Crippen LogP contribution in [-0.4, -0.2) is 42.3 Å². The van der Waals surface area contributed by atoms with Gasteiger partial charge in [-0.3, -0.25) is 19.7 Å². The molecule has 0 unspecified atom stereocenters. The van der Waals surface area contributed by atoms with Gasteiger partial charge in [0, 0.05) is 30.9 Å². The number of amides is 2. The quantitative estimate of drug-likeness (QED) is 0.459. The Morgan fingerprint density at radius 1 is 1.22 bits per heavy atom. The van der Waals surface area contributed by atoms with Gasteiger partial charge in [-0.15, -0.1) is 0 Å². The highest BCUT2D eigenvalue weighted by Gasteiger charge is 2.11. The predicted octanol–water partition coefficient (Wildman–Crippen LogP) is 2.71. The van der Waals surface area contributed by atoms with Crippen LogP contribution in [-0.2, 0) is 9.59 Å². The number of carbonyl (C=O) groups is 2. The average Bonchev–Trinajstić information content (AvgIpc) is 2.66. The molecule has 27 heavy (non-hydrogen) atoms. The van der Waals surface area contributed by atoms with Crippen molar-refractivity contribution in [2.75, 3.05) is 26.0 Å². The second-order valence-corrected chi connectivity index (χ2v) is 5.66. The maximum absolute atomic E-state index is 12.1. The number of likely N-dealkylation sites (N-methyl/N-ethyl adjacent to an activating group) is 1. The van der Waals surface area contributed by atoms with Crippen molar-refractivity contribution in [3.63, 3.8) is 0 Å². The minimum absolute atomic E-state index is 0.0585. The smallest absolute Gasteiger partial charge is 0.270 e. The Morgan fingerprint density at radius 2 is 1.93 bits per heavy atom. The SMILES string of the molecule is COc1ccc(NC(=O)CN(C)C(=O)C=Cc2cccc([N+](=O)[O-])c2)cc1. The van der Waals surface area contributed by atoms with Crippen molar-refractivity contribution in [3.8, 4) is 5.75 Å². The van der Waals surface area contributed by atoms with Gasteiger partial charge in [0.1, 0.15) is 5.75 Å². The fraction of sp³-hybridized carbons (Fsp3) is 0.158. The maximum Gasteiger partial charge on any atom is 0.270 e. The number of nitrogens with one attached hydrogen (secondary N) is 1. The summed E-state index contributed by atoms with van der Waals surface area (Å²) >= 11 is 0. The molecule has 8 heteroatoms. The second kappa shape index (κ2) is 9.14. The molecule has 0 heterocycles. The van der Waals surface area contributed by atoms with Gasteiger partial charge in [0.2, 0.25) is 11.8 Å². The number of nitro benzene ring substituents is 1. The molecular formula is C19H19N3O5. The van der Waals surface area contributed by atoms with Crippen molar-refractivity contribution < 1.29 is 19.2 Å². The van der Waals surface area contributed by atoms with Crippen molar-refractivity contribution >= 4 is 29.3 Å². The first kappa shape index (κ1) is 19.6. The molecule has 1 N–H and O–H groups in total. The molecule has 0 fully saturated rings. The predicted molar refractivity (Wildman–Crippen MR) is 101 cm³/mol. The maximum atomic E-state index is 12.1. The summed E-state index contributed by atoms with van der Waals surface area (Å²) in [4.78, 5) is 35.7. The first-order valence-electron chi connectivity index (χ1n) is 8.00. The Balaban J connectivity index is 1.91. The molecule has 8 nitrogen and oxygen atoms in total. The van der Waals surface area contributed by atoms with Crippen LogP contribution in [0.3, 0.4) is 0 Å². The van der Waals surface area contributed by atoms with Crippen molar-refractivity contribution in [1.82, 2.24) is 4.90 Å². The minimum atomic E-state index is -0.505. The van der Waals surface area contributed by atoms with Crippen molar-refractivity contribution in [3.05, 3.63) is 70.3 Å². The summed E-state index contributed by atoms with van der Waals surface area (Å²) in [5.74, 6) is -0.0715. The average molecular weight is 369 g/mol. The number of anilines is 1. The molecule has 2 aromatic rings. The van der Waals surface area contributed by atoms with Gasteiger partial charge in [-0.25, -0.2) is 0 Å². The molecular weight excluding hydrogens is 350 g/mol. The number of hydrogen-bond acceptors (Lipinski definition) is 5. The van der Waals surface area contributed by atoms with Gasteiger partial charge >= 0.3 is 0 Å². The number of ether oxygens (including phenoxy) is 1. The van der Waals surface area contributed by atoms with E-state index in [1.807, 2.05) is 0 Å². The van der Waals surface area contributed by atoms with Gasteiger partial charge in [-0.2, -0.15) is 0 Å². The molecule has 0 aliphatic rings. The summed E-state index contributed by atoms with van der Waals surface area (Å²) in [5.41, 5.74) is 1.05. The van der Waals surface area contributed by atoms with E-state index in [1.165, 1.54) is 42.3 Å². The molecule has 0 radical (unpaired) electrons. The van der Waals surface area contributed by atoms with Gasteiger partial charge in [0.05, 0.1) is 18.6 Å². The largest absolute Gasteiger partial charge is 0.497 e. The van der Waals surface area contributed by atoms with E-state index in [9.17, 15) is 19.7 Å². The number of benzene rings is 2. The standard InChI is InChI=1S/C19H19N3O5/c1-21(13-18(23)20-15-7-9-17(27-2)10-8-15)19(24)11-6-14-4-3-5-16(12-14)22(25)26/h3-12H,13H2,1-2H3,(H,20,23). The summed E-state index contributed by atoms with van der Waals surface area (Å²) in [6.07, 6.45) is 2.73.